The molecule has 25 heavy (non-hydrogen) atoms. The molecule has 4 rings (SSSR count). The number of aromatic carboxylic acids is 1. The van der Waals surface area contributed by atoms with E-state index in [2.05, 4.69) is 53.5 Å². The van der Waals surface area contributed by atoms with Crippen molar-refractivity contribution in [2.24, 2.45) is 0 Å². The summed E-state index contributed by atoms with van der Waals surface area (Å²) in [5.74, 6) is -0.0682. The standard InChI is InChI=1S/C19H14N2O2S2/c22-18(23)16-10-21-17(12-25-19(21)20-16)14-6-8-15(9-7-14)24-11-13-4-2-1-3-5-13/h1-10,12H,11H2,(H,22,23). The lowest BCUT2D eigenvalue weighted by Crippen LogP contribution is -1.95. The summed E-state index contributed by atoms with van der Waals surface area (Å²) in [7, 11) is 0. The lowest BCUT2D eigenvalue weighted by molar-refractivity contribution is 0.0691. The molecular formula is C19H14N2O2S2. The van der Waals surface area contributed by atoms with Crippen molar-refractivity contribution in [3.05, 3.63) is 77.4 Å². The molecule has 1 N–H and O–H groups in total. The lowest BCUT2D eigenvalue weighted by atomic mass is 10.2. The summed E-state index contributed by atoms with van der Waals surface area (Å²) in [5, 5.41) is 11.1. The normalized spacial score (nSPS) is 11.0. The zero-order valence-electron chi connectivity index (χ0n) is 13.1. The Kier molecular flexibility index (Phi) is 4.29. The number of aromatic nitrogens is 2. The van der Waals surface area contributed by atoms with Crippen LogP contribution in [0.5, 0.6) is 0 Å². The van der Waals surface area contributed by atoms with E-state index in [1.165, 1.54) is 21.8 Å². The van der Waals surface area contributed by atoms with Crippen LogP contribution in [0.25, 0.3) is 16.2 Å². The van der Waals surface area contributed by atoms with E-state index in [0.29, 0.717) is 4.96 Å². The number of fused-ring (bicyclic) bond motifs is 1. The van der Waals surface area contributed by atoms with Gasteiger partial charge in [-0.05, 0) is 23.3 Å². The first-order valence-electron chi connectivity index (χ1n) is 7.68. The van der Waals surface area contributed by atoms with Crippen LogP contribution in [0.15, 0.2) is 71.1 Å². The smallest absolute Gasteiger partial charge is 0.356 e. The van der Waals surface area contributed by atoms with Gasteiger partial charge in [0.2, 0.25) is 0 Å². The summed E-state index contributed by atoms with van der Waals surface area (Å²) in [5.41, 5.74) is 3.38. The molecule has 4 aromatic rings. The minimum Gasteiger partial charge on any atom is -0.476 e. The van der Waals surface area contributed by atoms with E-state index in [1.807, 2.05) is 15.8 Å². The Labute approximate surface area is 152 Å². The second-order valence-corrected chi connectivity index (χ2v) is 7.39. The Morgan fingerprint density at radius 3 is 2.60 bits per heavy atom. The number of carbonyl (C=O) groups is 1. The fourth-order valence-corrected chi connectivity index (χ4v) is 4.29. The largest absolute Gasteiger partial charge is 0.476 e. The fraction of sp³-hybridized carbons (Fsp3) is 0.0526. The molecule has 0 aliphatic carbocycles. The van der Waals surface area contributed by atoms with Crippen molar-refractivity contribution in [3.63, 3.8) is 0 Å². The molecule has 0 fully saturated rings. The number of carboxylic acids is 1. The highest BCUT2D eigenvalue weighted by Gasteiger charge is 2.13. The van der Waals surface area contributed by atoms with Gasteiger partial charge in [0.25, 0.3) is 0 Å². The SMILES string of the molecule is O=C(O)c1cn2c(-c3ccc(SCc4ccccc4)cc3)csc2n1. The molecule has 0 aliphatic heterocycles. The summed E-state index contributed by atoms with van der Waals surface area (Å²) in [4.78, 5) is 17.1. The molecule has 4 nitrogen and oxygen atoms in total. The molecule has 124 valence electrons. The van der Waals surface area contributed by atoms with Crippen molar-refractivity contribution in [2.45, 2.75) is 10.6 Å². The molecule has 2 aromatic heterocycles. The van der Waals surface area contributed by atoms with Gasteiger partial charge in [0, 0.05) is 22.2 Å². The van der Waals surface area contributed by atoms with Crippen molar-refractivity contribution < 1.29 is 9.90 Å². The Morgan fingerprint density at radius 2 is 1.88 bits per heavy atom. The monoisotopic (exact) mass is 366 g/mol. The van der Waals surface area contributed by atoms with Crippen LogP contribution in [0.2, 0.25) is 0 Å². The maximum atomic E-state index is 11.1. The summed E-state index contributed by atoms with van der Waals surface area (Å²) in [6, 6.07) is 18.7. The molecule has 0 radical (unpaired) electrons. The van der Waals surface area contributed by atoms with Crippen LogP contribution < -0.4 is 0 Å². The Morgan fingerprint density at radius 1 is 1.12 bits per heavy atom. The van der Waals surface area contributed by atoms with Crippen molar-refractivity contribution in [2.75, 3.05) is 0 Å². The molecule has 2 aromatic carbocycles. The highest BCUT2D eigenvalue weighted by molar-refractivity contribution is 7.98. The number of thiazole rings is 1. The van der Waals surface area contributed by atoms with E-state index >= 15 is 0 Å². The van der Waals surface area contributed by atoms with E-state index in [-0.39, 0.29) is 5.69 Å². The Balaban J connectivity index is 1.55. The second-order valence-electron chi connectivity index (χ2n) is 5.50. The maximum Gasteiger partial charge on any atom is 0.356 e. The third-order valence-electron chi connectivity index (χ3n) is 3.83. The number of thioether (sulfide) groups is 1. The lowest BCUT2D eigenvalue weighted by Gasteiger charge is -2.04. The van der Waals surface area contributed by atoms with Crippen molar-refractivity contribution in [1.82, 2.24) is 9.38 Å². The predicted octanol–water partition coefficient (Wildman–Crippen LogP) is 5.05. The van der Waals surface area contributed by atoms with Crippen LogP contribution in [-0.2, 0) is 5.75 Å². The summed E-state index contributed by atoms with van der Waals surface area (Å²) in [6.07, 6.45) is 1.57. The molecular weight excluding hydrogens is 352 g/mol. The highest BCUT2D eigenvalue weighted by atomic mass is 32.2. The quantitative estimate of drug-likeness (QED) is 0.502. The maximum absolute atomic E-state index is 11.1. The van der Waals surface area contributed by atoms with Gasteiger partial charge in [-0.25, -0.2) is 9.78 Å². The van der Waals surface area contributed by atoms with Crippen LogP contribution in [0.3, 0.4) is 0 Å². The van der Waals surface area contributed by atoms with Crippen LogP contribution in [0, 0.1) is 0 Å². The van der Waals surface area contributed by atoms with Gasteiger partial charge in [0.15, 0.2) is 10.7 Å². The third-order valence-corrected chi connectivity index (χ3v) is 5.75. The zero-order chi connectivity index (χ0) is 17.2. The summed E-state index contributed by atoms with van der Waals surface area (Å²) < 4.78 is 1.83. The molecule has 0 saturated carbocycles. The summed E-state index contributed by atoms with van der Waals surface area (Å²) in [6.45, 7) is 0. The average Bonchev–Trinajstić information content (AvgIpc) is 3.22. The van der Waals surface area contributed by atoms with Gasteiger partial charge in [-0.1, -0.05) is 42.5 Å². The zero-order valence-corrected chi connectivity index (χ0v) is 14.8. The molecule has 0 unspecified atom stereocenters. The van der Waals surface area contributed by atoms with E-state index in [9.17, 15) is 4.79 Å². The third kappa shape index (κ3) is 3.31. The first-order chi connectivity index (χ1) is 12.2. The van der Waals surface area contributed by atoms with E-state index < -0.39 is 5.97 Å². The van der Waals surface area contributed by atoms with Crippen molar-refractivity contribution >= 4 is 34.0 Å². The first-order valence-corrected chi connectivity index (χ1v) is 9.54. The van der Waals surface area contributed by atoms with E-state index in [0.717, 1.165) is 17.0 Å². The molecule has 0 spiro atoms. The number of imidazole rings is 1. The molecule has 2 heterocycles. The van der Waals surface area contributed by atoms with Gasteiger partial charge in [-0.15, -0.1) is 23.1 Å². The average molecular weight is 366 g/mol. The minimum atomic E-state index is -1.01. The van der Waals surface area contributed by atoms with Crippen LogP contribution in [-0.4, -0.2) is 20.5 Å². The van der Waals surface area contributed by atoms with Crippen LogP contribution in [0.1, 0.15) is 16.1 Å². The number of benzene rings is 2. The van der Waals surface area contributed by atoms with Gasteiger partial charge in [0.1, 0.15) is 0 Å². The fourth-order valence-electron chi connectivity index (χ4n) is 2.56. The van der Waals surface area contributed by atoms with Gasteiger partial charge in [-0.2, -0.15) is 0 Å². The van der Waals surface area contributed by atoms with E-state index in [4.69, 9.17) is 5.11 Å². The van der Waals surface area contributed by atoms with Crippen molar-refractivity contribution in [3.8, 4) is 11.3 Å². The molecule has 6 heteroatoms. The number of nitrogens with zero attached hydrogens (tertiary/aromatic N) is 2. The number of hydrogen-bond acceptors (Lipinski definition) is 4. The number of hydrogen-bond donors (Lipinski definition) is 1. The molecule has 0 amide bonds. The number of carboxylic acid groups (broad SMARTS) is 1. The van der Waals surface area contributed by atoms with Gasteiger partial charge < -0.3 is 5.11 Å². The highest BCUT2D eigenvalue weighted by Crippen LogP contribution is 2.29. The van der Waals surface area contributed by atoms with Crippen LogP contribution >= 0.6 is 23.1 Å². The van der Waals surface area contributed by atoms with Gasteiger partial charge in [-0.3, -0.25) is 4.40 Å². The van der Waals surface area contributed by atoms with E-state index in [1.54, 1.807) is 18.0 Å². The Hall–Kier alpha value is -2.57. The molecule has 0 aliphatic rings. The molecule has 0 saturated heterocycles. The van der Waals surface area contributed by atoms with Gasteiger partial charge in [0.05, 0.1) is 5.69 Å². The predicted molar refractivity (Wildman–Crippen MR) is 101 cm³/mol. The topological polar surface area (TPSA) is 54.6 Å². The van der Waals surface area contributed by atoms with Crippen LogP contribution in [0.4, 0.5) is 0 Å². The Bertz CT molecular complexity index is 1020. The molecule has 0 bridgehead atoms. The molecule has 0 atom stereocenters. The van der Waals surface area contributed by atoms with Gasteiger partial charge >= 0.3 is 5.97 Å². The first kappa shape index (κ1) is 15.9. The summed E-state index contributed by atoms with van der Waals surface area (Å²) >= 11 is 3.24. The minimum absolute atomic E-state index is 0.0723. The van der Waals surface area contributed by atoms with Crippen molar-refractivity contribution in [1.29, 1.82) is 0 Å². The number of rotatable bonds is 5. The second kappa shape index (κ2) is 6.74.